The number of carbonyl (C=O) groups excluding carboxylic acids is 1. The molecule has 1 fully saturated rings. The maximum absolute atomic E-state index is 12.4. The molecule has 3 aromatic rings. The Kier molecular flexibility index (Phi) is 5.35. The molecular weight excluding hydrogens is 420 g/mol. The van der Waals surface area contributed by atoms with Gasteiger partial charge in [0.2, 0.25) is 17.7 Å². The summed E-state index contributed by atoms with van der Waals surface area (Å²) >= 11 is 0. The molecule has 0 bridgehead atoms. The molecule has 1 N–H and O–H groups in total. The molecular formula is C25H24N4O4. The van der Waals surface area contributed by atoms with Crippen LogP contribution in [0.5, 0.6) is 5.75 Å². The van der Waals surface area contributed by atoms with Crippen molar-refractivity contribution in [3.05, 3.63) is 53.1 Å². The summed E-state index contributed by atoms with van der Waals surface area (Å²) in [5.74, 6) is 1.53. The molecule has 8 nitrogen and oxygen atoms in total. The summed E-state index contributed by atoms with van der Waals surface area (Å²) in [4.78, 5) is 14.2. The maximum Gasteiger partial charge on any atom is 0.248 e. The van der Waals surface area contributed by atoms with Gasteiger partial charge in [-0.25, -0.2) is 0 Å². The predicted molar refractivity (Wildman–Crippen MR) is 119 cm³/mol. The lowest BCUT2D eigenvalue weighted by molar-refractivity contribution is -0.129. The quantitative estimate of drug-likeness (QED) is 0.619. The zero-order valence-electron chi connectivity index (χ0n) is 18.5. The minimum Gasteiger partial charge on any atom is -0.490 e. The molecule has 5 rings (SSSR count). The Hall–Kier alpha value is -3.70. The first-order valence-corrected chi connectivity index (χ1v) is 11.1. The molecule has 1 saturated heterocycles. The van der Waals surface area contributed by atoms with Gasteiger partial charge in [0.15, 0.2) is 0 Å². The van der Waals surface area contributed by atoms with E-state index in [0.29, 0.717) is 41.6 Å². The van der Waals surface area contributed by atoms with Crippen molar-refractivity contribution in [3.8, 4) is 34.7 Å². The van der Waals surface area contributed by atoms with E-state index in [1.165, 1.54) is 0 Å². The number of fused-ring (bicyclic) bond motifs is 3. The summed E-state index contributed by atoms with van der Waals surface area (Å²) in [6.07, 6.45) is 1.19. The number of rotatable bonds is 6. The van der Waals surface area contributed by atoms with Crippen molar-refractivity contribution in [1.82, 2.24) is 15.1 Å². The van der Waals surface area contributed by atoms with Crippen LogP contribution in [0.4, 0.5) is 0 Å². The van der Waals surface area contributed by atoms with E-state index < -0.39 is 0 Å². The fourth-order valence-electron chi connectivity index (χ4n) is 4.97. The number of aliphatic hydroxyl groups is 1. The number of hydrogen-bond donors (Lipinski definition) is 1. The number of benzene rings is 2. The number of β-amino-alcohol motifs (C(OH)–C–C–N with tert-alkyl or cyclic N) is 1. The van der Waals surface area contributed by atoms with Gasteiger partial charge in [-0.05, 0) is 61.6 Å². The highest BCUT2D eigenvalue weighted by atomic mass is 16.5. The van der Waals surface area contributed by atoms with E-state index in [4.69, 9.17) is 9.15 Å². The van der Waals surface area contributed by atoms with Crippen molar-refractivity contribution in [2.45, 2.75) is 38.8 Å². The van der Waals surface area contributed by atoms with Gasteiger partial charge in [0.1, 0.15) is 11.8 Å². The zero-order valence-corrected chi connectivity index (χ0v) is 18.5. The third kappa shape index (κ3) is 3.64. The number of aliphatic hydroxyl groups excluding tert-OH is 1. The summed E-state index contributed by atoms with van der Waals surface area (Å²) in [5, 5.41) is 27.4. The maximum atomic E-state index is 12.4. The van der Waals surface area contributed by atoms with Crippen LogP contribution in [-0.4, -0.2) is 45.4 Å². The van der Waals surface area contributed by atoms with Crippen molar-refractivity contribution >= 4 is 5.91 Å². The van der Waals surface area contributed by atoms with Crippen LogP contribution in [0.1, 0.15) is 43.0 Å². The average molecular weight is 444 g/mol. The summed E-state index contributed by atoms with van der Waals surface area (Å²) in [6.45, 7) is 4.10. The highest BCUT2D eigenvalue weighted by Gasteiger charge is 2.46. The summed E-state index contributed by atoms with van der Waals surface area (Å²) in [7, 11) is 0. The number of nitriles is 1. The first kappa shape index (κ1) is 21.2. The van der Waals surface area contributed by atoms with Crippen LogP contribution in [0.3, 0.4) is 0 Å². The van der Waals surface area contributed by atoms with E-state index in [1.807, 2.05) is 32.0 Å². The molecule has 168 valence electrons. The number of likely N-dealkylation sites (tertiary alicyclic amines) is 1. The molecule has 1 amide bonds. The Morgan fingerprint density at radius 1 is 1.24 bits per heavy atom. The van der Waals surface area contributed by atoms with E-state index >= 15 is 0 Å². The van der Waals surface area contributed by atoms with Gasteiger partial charge in [-0.3, -0.25) is 4.79 Å². The molecule has 2 heterocycles. The first-order valence-electron chi connectivity index (χ1n) is 11.1. The minimum absolute atomic E-state index is 0.0197. The van der Waals surface area contributed by atoms with E-state index in [0.717, 1.165) is 23.1 Å². The topological polar surface area (TPSA) is 112 Å². The zero-order chi connectivity index (χ0) is 23.1. The molecule has 1 aliphatic carbocycles. The SMILES string of the molecule is CC(C)Oc1ccc(-c2nnc(-c3cccc4c3C[C@@H]3CC(=O)N(CCO)C43)o2)cc1C#N. The molecule has 2 atom stereocenters. The smallest absolute Gasteiger partial charge is 0.248 e. The van der Waals surface area contributed by atoms with E-state index in [1.54, 1.807) is 23.1 Å². The second kappa shape index (κ2) is 8.34. The Morgan fingerprint density at radius 3 is 2.82 bits per heavy atom. The number of nitrogens with zero attached hydrogens (tertiary/aromatic N) is 4. The highest BCUT2D eigenvalue weighted by Crippen LogP contribution is 2.49. The largest absolute Gasteiger partial charge is 0.490 e. The fraction of sp³-hybridized carbons (Fsp3) is 0.360. The van der Waals surface area contributed by atoms with E-state index in [9.17, 15) is 15.2 Å². The Balaban J connectivity index is 1.48. The van der Waals surface area contributed by atoms with Crippen molar-refractivity contribution in [3.63, 3.8) is 0 Å². The Labute approximate surface area is 191 Å². The van der Waals surface area contributed by atoms with Crippen molar-refractivity contribution in [2.24, 2.45) is 5.92 Å². The van der Waals surface area contributed by atoms with Gasteiger partial charge in [-0.1, -0.05) is 12.1 Å². The third-order valence-electron chi connectivity index (χ3n) is 6.24. The third-order valence-corrected chi connectivity index (χ3v) is 6.24. The number of carbonyl (C=O) groups is 1. The molecule has 8 heteroatoms. The van der Waals surface area contributed by atoms with Crippen molar-refractivity contribution in [1.29, 1.82) is 5.26 Å². The number of aromatic nitrogens is 2. The molecule has 0 saturated carbocycles. The lowest BCUT2D eigenvalue weighted by Gasteiger charge is -2.24. The molecule has 2 aromatic carbocycles. The van der Waals surface area contributed by atoms with Crippen LogP contribution in [-0.2, 0) is 11.2 Å². The lowest BCUT2D eigenvalue weighted by Crippen LogP contribution is -2.30. The molecule has 2 aliphatic rings. The standard InChI is InChI=1S/C25H24N4O4/c1-14(2)32-21-7-6-15(10-17(21)13-26)24-27-28-25(33-24)19-5-3-4-18-20(19)11-16-12-22(31)29(8-9-30)23(16)18/h3-7,10,14,16,23,30H,8-9,11-12H2,1-2H3/t16-,23?/m1/s1. The van der Waals surface area contributed by atoms with Crippen LogP contribution in [0, 0.1) is 17.2 Å². The molecule has 1 unspecified atom stereocenters. The summed E-state index contributed by atoms with van der Waals surface area (Å²) < 4.78 is 11.7. The van der Waals surface area contributed by atoms with Crippen LogP contribution in [0.15, 0.2) is 40.8 Å². The van der Waals surface area contributed by atoms with Gasteiger partial charge in [0.05, 0.1) is 24.3 Å². The second-order valence-corrected chi connectivity index (χ2v) is 8.70. The van der Waals surface area contributed by atoms with E-state index in [2.05, 4.69) is 16.3 Å². The van der Waals surface area contributed by atoms with Crippen molar-refractivity contribution in [2.75, 3.05) is 13.2 Å². The molecule has 0 radical (unpaired) electrons. The molecule has 0 spiro atoms. The van der Waals surface area contributed by atoms with Gasteiger partial charge in [0.25, 0.3) is 0 Å². The average Bonchev–Trinajstić information content (AvgIpc) is 3.49. The van der Waals surface area contributed by atoms with Gasteiger partial charge in [-0.2, -0.15) is 5.26 Å². The monoisotopic (exact) mass is 444 g/mol. The van der Waals surface area contributed by atoms with Crippen LogP contribution in [0.25, 0.3) is 22.9 Å². The lowest BCUT2D eigenvalue weighted by atomic mass is 10.0. The van der Waals surface area contributed by atoms with Crippen LogP contribution < -0.4 is 4.74 Å². The minimum atomic E-state index is -0.0529. The van der Waals surface area contributed by atoms with Gasteiger partial charge in [0, 0.05) is 24.1 Å². The number of hydrogen-bond acceptors (Lipinski definition) is 7. The highest BCUT2D eigenvalue weighted by molar-refractivity contribution is 5.81. The van der Waals surface area contributed by atoms with Gasteiger partial charge in [-0.15, -0.1) is 10.2 Å². The van der Waals surface area contributed by atoms with Gasteiger partial charge >= 0.3 is 0 Å². The van der Waals surface area contributed by atoms with Crippen LogP contribution in [0.2, 0.25) is 0 Å². The summed E-state index contributed by atoms with van der Waals surface area (Å²) in [6, 6.07) is 13.3. The summed E-state index contributed by atoms with van der Waals surface area (Å²) in [5.41, 5.74) is 4.10. The second-order valence-electron chi connectivity index (χ2n) is 8.70. The fourth-order valence-corrected chi connectivity index (χ4v) is 4.97. The molecule has 33 heavy (non-hydrogen) atoms. The first-order chi connectivity index (χ1) is 16.0. The van der Waals surface area contributed by atoms with Crippen LogP contribution >= 0.6 is 0 Å². The normalized spacial score (nSPS) is 19.0. The van der Waals surface area contributed by atoms with E-state index in [-0.39, 0.29) is 30.6 Å². The molecule has 1 aromatic heterocycles. The van der Waals surface area contributed by atoms with Crippen molar-refractivity contribution < 1.29 is 19.1 Å². The Morgan fingerprint density at radius 2 is 2.06 bits per heavy atom. The Bertz CT molecular complexity index is 1260. The number of ether oxygens (including phenoxy) is 1. The predicted octanol–water partition coefficient (Wildman–Crippen LogP) is 3.50. The molecule has 1 aliphatic heterocycles. The number of amides is 1. The van der Waals surface area contributed by atoms with Gasteiger partial charge < -0.3 is 19.2 Å².